The number of nitrogens with zero attached hydrogens (tertiary/aromatic N) is 4. The molecule has 1 aliphatic carbocycles. The van der Waals surface area contributed by atoms with E-state index in [1.165, 1.54) is 5.56 Å². The van der Waals surface area contributed by atoms with Gasteiger partial charge >= 0.3 is 0 Å². The molecule has 0 N–H and O–H groups in total. The van der Waals surface area contributed by atoms with E-state index in [0.29, 0.717) is 24.4 Å². The zero-order chi connectivity index (χ0) is 17.8. The van der Waals surface area contributed by atoms with Crippen LogP contribution in [0.2, 0.25) is 0 Å². The molecular weight excluding hydrogens is 328 g/mol. The van der Waals surface area contributed by atoms with Crippen LogP contribution < -0.4 is 9.64 Å². The first kappa shape index (κ1) is 17.2. The molecular formula is C20H26N4O2. The molecule has 2 aliphatic rings. The van der Waals surface area contributed by atoms with E-state index in [4.69, 9.17) is 9.47 Å². The summed E-state index contributed by atoms with van der Waals surface area (Å²) in [4.78, 5) is 15.5. The average molecular weight is 354 g/mol. The van der Waals surface area contributed by atoms with Crippen LogP contribution in [-0.4, -0.2) is 46.9 Å². The standard InChI is InChI=1S/C20H26N4O2/c1-2-5-16-12-21-14-23-20(16)24-8-9-25-18-11-15(10-17(18)24)13-26-19-6-3-4-7-22-19/h3-4,6-7,12,14-15,17-18H,2,5,8-11,13H2,1H3/t15?,17-,18-/m1/s1. The molecule has 0 amide bonds. The molecule has 1 aliphatic heterocycles. The minimum atomic E-state index is 0.255. The van der Waals surface area contributed by atoms with Gasteiger partial charge in [0.15, 0.2) is 0 Å². The van der Waals surface area contributed by atoms with E-state index < -0.39 is 0 Å². The topological polar surface area (TPSA) is 60.4 Å². The molecule has 2 fully saturated rings. The molecule has 3 atom stereocenters. The summed E-state index contributed by atoms with van der Waals surface area (Å²) in [5.74, 6) is 2.26. The highest BCUT2D eigenvalue weighted by atomic mass is 16.5. The Hall–Kier alpha value is -2.21. The lowest BCUT2D eigenvalue weighted by molar-refractivity contribution is 0.0229. The molecule has 1 saturated heterocycles. The summed E-state index contributed by atoms with van der Waals surface area (Å²) in [7, 11) is 0. The van der Waals surface area contributed by atoms with Crippen molar-refractivity contribution in [1.29, 1.82) is 0 Å². The second kappa shape index (κ2) is 7.99. The molecule has 26 heavy (non-hydrogen) atoms. The first-order chi connectivity index (χ1) is 12.8. The van der Waals surface area contributed by atoms with Gasteiger partial charge < -0.3 is 14.4 Å². The fourth-order valence-corrected chi connectivity index (χ4v) is 4.14. The Morgan fingerprint density at radius 3 is 3.08 bits per heavy atom. The van der Waals surface area contributed by atoms with Gasteiger partial charge in [-0.25, -0.2) is 15.0 Å². The van der Waals surface area contributed by atoms with Crippen LogP contribution >= 0.6 is 0 Å². The van der Waals surface area contributed by atoms with Crippen molar-refractivity contribution in [1.82, 2.24) is 15.0 Å². The van der Waals surface area contributed by atoms with Crippen LogP contribution in [0.4, 0.5) is 5.82 Å². The first-order valence-corrected chi connectivity index (χ1v) is 9.56. The molecule has 138 valence electrons. The van der Waals surface area contributed by atoms with Gasteiger partial charge in [-0.15, -0.1) is 0 Å². The summed E-state index contributed by atoms with van der Waals surface area (Å²) in [6, 6.07) is 6.12. The number of fused-ring (bicyclic) bond motifs is 1. The smallest absolute Gasteiger partial charge is 0.213 e. The van der Waals surface area contributed by atoms with Gasteiger partial charge in [0, 0.05) is 30.6 Å². The number of ether oxygens (including phenoxy) is 2. The molecule has 6 heteroatoms. The number of rotatable bonds is 6. The average Bonchev–Trinajstić information content (AvgIpc) is 3.11. The van der Waals surface area contributed by atoms with Crippen molar-refractivity contribution in [3.63, 3.8) is 0 Å². The van der Waals surface area contributed by atoms with E-state index >= 15 is 0 Å². The minimum Gasteiger partial charge on any atom is -0.477 e. The maximum Gasteiger partial charge on any atom is 0.213 e. The maximum absolute atomic E-state index is 6.08. The van der Waals surface area contributed by atoms with Gasteiger partial charge in [0.1, 0.15) is 12.1 Å². The molecule has 3 heterocycles. The number of hydrogen-bond donors (Lipinski definition) is 0. The lowest BCUT2D eigenvalue weighted by Gasteiger charge is -2.39. The summed E-state index contributed by atoms with van der Waals surface area (Å²) in [5, 5.41) is 0. The van der Waals surface area contributed by atoms with E-state index in [9.17, 15) is 0 Å². The van der Waals surface area contributed by atoms with Crippen LogP contribution in [0.1, 0.15) is 31.7 Å². The predicted octanol–water partition coefficient (Wildman–Crippen LogP) is 2.89. The van der Waals surface area contributed by atoms with E-state index in [2.05, 4.69) is 26.8 Å². The minimum absolute atomic E-state index is 0.255. The molecule has 1 unspecified atom stereocenters. The van der Waals surface area contributed by atoms with Gasteiger partial charge in [-0.2, -0.15) is 0 Å². The van der Waals surface area contributed by atoms with Gasteiger partial charge in [-0.05, 0) is 31.2 Å². The van der Waals surface area contributed by atoms with Crippen LogP contribution in [-0.2, 0) is 11.2 Å². The zero-order valence-electron chi connectivity index (χ0n) is 15.3. The van der Waals surface area contributed by atoms with Gasteiger partial charge in [0.25, 0.3) is 0 Å². The summed E-state index contributed by atoms with van der Waals surface area (Å²) in [6.07, 6.45) is 9.85. The van der Waals surface area contributed by atoms with Crippen LogP contribution in [0.25, 0.3) is 0 Å². The number of hydrogen-bond acceptors (Lipinski definition) is 6. The molecule has 2 aromatic rings. The molecule has 6 nitrogen and oxygen atoms in total. The fourth-order valence-electron chi connectivity index (χ4n) is 4.14. The second-order valence-electron chi connectivity index (χ2n) is 7.11. The highest BCUT2D eigenvalue weighted by Crippen LogP contribution is 2.37. The predicted molar refractivity (Wildman–Crippen MR) is 99.4 cm³/mol. The lowest BCUT2D eigenvalue weighted by atomic mass is 10.1. The molecule has 4 rings (SSSR count). The Morgan fingerprint density at radius 2 is 2.23 bits per heavy atom. The number of anilines is 1. The van der Waals surface area contributed by atoms with E-state index in [-0.39, 0.29) is 6.10 Å². The third kappa shape index (κ3) is 3.65. The number of pyridine rings is 1. The van der Waals surface area contributed by atoms with Gasteiger partial charge in [0.2, 0.25) is 5.88 Å². The normalized spacial score (nSPS) is 25.1. The first-order valence-electron chi connectivity index (χ1n) is 9.56. The third-order valence-corrected chi connectivity index (χ3v) is 5.29. The van der Waals surface area contributed by atoms with Crippen molar-refractivity contribution in [3.05, 3.63) is 42.5 Å². The van der Waals surface area contributed by atoms with Crippen LogP contribution in [0.15, 0.2) is 36.9 Å². The van der Waals surface area contributed by atoms with Gasteiger partial charge in [-0.1, -0.05) is 19.4 Å². The Balaban J connectivity index is 1.45. The third-order valence-electron chi connectivity index (χ3n) is 5.29. The summed E-state index contributed by atoms with van der Waals surface area (Å²) in [6.45, 7) is 4.53. The van der Waals surface area contributed by atoms with Crippen LogP contribution in [0.3, 0.4) is 0 Å². The number of morpholine rings is 1. The Kier molecular flexibility index (Phi) is 5.29. The molecule has 0 aromatic carbocycles. The molecule has 0 radical (unpaired) electrons. The lowest BCUT2D eigenvalue weighted by Crippen LogP contribution is -2.49. The maximum atomic E-state index is 6.08. The Bertz CT molecular complexity index is 712. The highest BCUT2D eigenvalue weighted by Gasteiger charge is 2.42. The SMILES string of the molecule is CCCc1cncnc1N1CCO[C@@H]2CC(COc3ccccn3)C[C@H]21. The van der Waals surface area contributed by atoms with Crippen LogP contribution in [0, 0.1) is 5.92 Å². The van der Waals surface area contributed by atoms with Gasteiger partial charge in [-0.3, -0.25) is 0 Å². The quantitative estimate of drug-likeness (QED) is 0.795. The van der Waals surface area contributed by atoms with Gasteiger partial charge in [0.05, 0.1) is 25.4 Å². The van der Waals surface area contributed by atoms with E-state index in [1.807, 2.05) is 24.4 Å². The van der Waals surface area contributed by atoms with Crippen molar-refractivity contribution < 1.29 is 9.47 Å². The molecule has 0 bridgehead atoms. The Morgan fingerprint density at radius 1 is 1.27 bits per heavy atom. The van der Waals surface area contributed by atoms with Crippen LogP contribution in [0.5, 0.6) is 5.88 Å². The van der Waals surface area contributed by atoms with E-state index in [0.717, 1.165) is 44.7 Å². The molecule has 0 spiro atoms. The number of aryl methyl sites for hydroxylation is 1. The van der Waals surface area contributed by atoms with E-state index in [1.54, 1.807) is 12.5 Å². The zero-order valence-corrected chi connectivity index (χ0v) is 15.3. The number of aromatic nitrogens is 3. The molecule has 1 saturated carbocycles. The molecule has 2 aromatic heterocycles. The summed E-state index contributed by atoms with van der Waals surface area (Å²) in [5.41, 5.74) is 1.24. The monoisotopic (exact) mass is 354 g/mol. The summed E-state index contributed by atoms with van der Waals surface area (Å²) >= 11 is 0. The van der Waals surface area contributed by atoms with Crippen molar-refractivity contribution in [2.75, 3.05) is 24.7 Å². The van der Waals surface area contributed by atoms with Crippen molar-refractivity contribution in [3.8, 4) is 5.88 Å². The van der Waals surface area contributed by atoms with Crippen molar-refractivity contribution in [2.24, 2.45) is 5.92 Å². The second-order valence-corrected chi connectivity index (χ2v) is 7.11. The fraction of sp³-hybridized carbons (Fsp3) is 0.550. The highest BCUT2D eigenvalue weighted by molar-refractivity contribution is 5.47. The summed E-state index contributed by atoms with van der Waals surface area (Å²) < 4.78 is 12.0. The Labute approximate surface area is 154 Å². The van der Waals surface area contributed by atoms with Crippen molar-refractivity contribution in [2.45, 2.75) is 44.8 Å². The van der Waals surface area contributed by atoms with Crippen molar-refractivity contribution >= 4 is 5.82 Å². The largest absolute Gasteiger partial charge is 0.477 e.